The summed E-state index contributed by atoms with van der Waals surface area (Å²) >= 11 is 6.38. The molecule has 2 aliphatic rings. The summed E-state index contributed by atoms with van der Waals surface area (Å²) in [6, 6.07) is 8.07. The third-order valence-electron chi connectivity index (χ3n) is 4.03. The van der Waals surface area contributed by atoms with E-state index in [2.05, 4.69) is 17.4 Å². The van der Waals surface area contributed by atoms with Crippen LogP contribution in [0.15, 0.2) is 24.3 Å². The first-order chi connectivity index (χ1) is 9.15. The van der Waals surface area contributed by atoms with Gasteiger partial charge in [0.1, 0.15) is 0 Å². The van der Waals surface area contributed by atoms with Gasteiger partial charge in [0.2, 0.25) is 5.91 Å². The average Bonchev–Trinajstić information content (AvgIpc) is 2.95. The summed E-state index contributed by atoms with van der Waals surface area (Å²) in [6.07, 6.45) is 1.80. The van der Waals surface area contributed by atoms with E-state index in [1.807, 2.05) is 19.1 Å². The van der Waals surface area contributed by atoms with Gasteiger partial charge in [0.15, 0.2) is 0 Å². The molecule has 0 radical (unpaired) electrons. The molecule has 1 N–H and O–H groups in total. The maximum atomic E-state index is 12.3. The van der Waals surface area contributed by atoms with Crippen molar-refractivity contribution < 1.29 is 9.53 Å². The zero-order chi connectivity index (χ0) is 13.4. The molecule has 3 nitrogen and oxygen atoms in total. The Morgan fingerprint density at radius 2 is 2.21 bits per heavy atom. The molecular weight excluding hydrogens is 262 g/mol. The van der Waals surface area contributed by atoms with E-state index in [0.717, 1.165) is 18.4 Å². The van der Waals surface area contributed by atoms with Crippen LogP contribution in [-0.2, 0) is 16.0 Å². The summed E-state index contributed by atoms with van der Waals surface area (Å²) in [4.78, 5) is 12.3. The van der Waals surface area contributed by atoms with E-state index in [1.165, 1.54) is 5.56 Å². The van der Waals surface area contributed by atoms with Crippen molar-refractivity contribution in [2.75, 3.05) is 6.61 Å². The highest BCUT2D eigenvalue weighted by atomic mass is 35.5. The van der Waals surface area contributed by atoms with Crippen molar-refractivity contribution in [2.45, 2.75) is 37.3 Å². The molecule has 1 amide bonds. The Bertz CT molecular complexity index is 491. The van der Waals surface area contributed by atoms with Crippen molar-refractivity contribution in [3.05, 3.63) is 35.4 Å². The Hall–Kier alpha value is -1.06. The molecule has 1 aliphatic heterocycles. The van der Waals surface area contributed by atoms with E-state index in [1.54, 1.807) is 0 Å². The highest BCUT2D eigenvalue weighted by Crippen LogP contribution is 2.35. The first kappa shape index (κ1) is 12.9. The predicted molar refractivity (Wildman–Crippen MR) is 74.2 cm³/mol. The Morgan fingerprint density at radius 1 is 1.42 bits per heavy atom. The van der Waals surface area contributed by atoms with Crippen LogP contribution in [-0.4, -0.2) is 24.0 Å². The number of benzene rings is 1. The molecule has 1 heterocycles. The normalized spacial score (nSPS) is 33.2. The van der Waals surface area contributed by atoms with Crippen LogP contribution in [0, 0.1) is 5.92 Å². The molecule has 1 fully saturated rings. The van der Waals surface area contributed by atoms with Gasteiger partial charge in [0.25, 0.3) is 0 Å². The Labute approximate surface area is 118 Å². The molecule has 102 valence electrons. The number of ether oxygens (including phenoxy) is 1. The van der Waals surface area contributed by atoms with Crippen molar-refractivity contribution in [3.8, 4) is 0 Å². The maximum absolute atomic E-state index is 12.3. The van der Waals surface area contributed by atoms with Gasteiger partial charge in [-0.2, -0.15) is 0 Å². The molecule has 0 saturated carbocycles. The maximum Gasteiger partial charge on any atom is 0.226 e. The first-order valence-corrected chi connectivity index (χ1v) is 7.22. The molecular formula is C15H18ClNO2. The molecule has 4 unspecified atom stereocenters. The van der Waals surface area contributed by atoms with Crippen LogP contribution >= 0.6 is 11.6 Å². The summed E-state index contributed by atoms with van der Waals surface area (Å²) in [7, 11) is 0. The number of nitrogens with one attached hydrogen (secondary N) is 1. The van der Waals surface area contributed by atoms with E-state index >= 15 is 0 Å². The fourth-order valence-corrected chi connectivity index (χ4v) is 3.35. The fourth-order valence-electron chi connectivity index (χ4n) is 2.99. The molecule has 3 rings (SSSR count). The van der Waals surface area contributed by atoms with Gasteiger partial charge >= 0.3 is 0 Å². The van der Waals surface area contributed by atoms with E-state index in [-0.39, 0.29) is 29.3 Å². The van der Waals surface area contributed by atoms with Gasteiger partial charge in [-0.25, -0.2) is 0 Å². The number of rotatable bonds is 2. The fraction of sp³-hybridized carbons (Fsp3) is 0.533. The average molecular weight is 280 g/mol. The summed E-state index contributed by atoms with van der Waals surface area (Å²) < 4.78 is 5.45. The number of fused-ring (bicyclic) bond motifs is 1. The molecule has 0 bridgehead atoms. The Morgan fingerprint density at radius 3 is 2.95 bits per heavy atom. The van der Waals surface area contributed by atoms with Crippen LogP contribution in [0.3, 0.4) is 0 Å². The highest BCUT2D eigenvalue weighted by molar-refractivity contribution is 6.21. The van der Waals surface area contributed by atoms with Crippen LogP contribution in [0.5, 0.6) is 0 Å². The summed E-state index contributed by atoms with van der Waals surface area (Å²) in [5, 5.41) is 3.04. The van der Waals surface area contributed by atoms with E-state index in [0.29, 0.717) is 6.61 Å². The summed E-state index contributed by atoms with van der Waals surface area (Å²) in [5.41, 5.74) is 2.40. The third kappa shape index (κ3) is 2.49. The molecule has 1 saturated heterocycles. The second-order valence-electron chi connectivity index (χ2n) is 5.48. The number of amides is 1. The van der Waals surface area contributed by atoms with Gasteiger partial charge in [-0.15, -0.1) is 11.6 Å². The largest absolute Gasteiger partial charge is 0.378 e. The number of halogens is 1. The van der Waals surface area contributed by atoms with Crippen molar-refractivity contribution in [2.24, 2.45) is 5.92 Å². The zero-order valence-corrected chi connectivity index (χ0v) is 11.7. The van der Waals surface area contributed by atoms with E-state index in [9.17, 15) is 4.79 Å². The van der Waals surface area contributed by atoms with Gasteiger partial charge < -0.3 is 10.1 Å². The number of hydrogen-bond acceptors (Lipinski definition) is 2. The Kier molecular flexibility index (Phi) is 3.50. The van der Waals surface area contributed by atoms with Gasteiger partial charge in [-0.1, -0.05) is 24.3 Å². The SMILES string of the molecule is CC1CC(C(=O)NC2c3ccccc3CC2Cl)CO1. The predicted octanol–water partition coefficient (Wildman–Crippen LogP) is 2.43. The molecule has 4 atom stereocenters. The zero-order valence-electron chi connectivity index (χ0n) is 10.9. The van der Waals surface area contributed by atoms with E-state index in [4.69, 9.17) is 16.3 Å². The second-order valence-corrected chi connectivity index (χ2v) is 6.04. The minimum Gasteiger partial charge on any atom is -0.378 e. The third-order valence-corrected chi connectivity index (χ3v) is 4.44. The highest BCUT2D eigenvalue weighted by Gasteiger charge is 2.35. The molecule has 0 aromatic heterocycles. The quantitative estimate of drug-likeness (QED) is 0.845. The van der Waals surface area contributed by atoms with Crippen LogP contribution in [0.2, 0.25) is 0 Å². The van der Waals surface area contributed by atoms with Gasteiger partial charge in [0, 0.05) is 0 Å². The topological polar surface area (TPSA) is 38.3 Å². The second kappa shape index (κ2) is 5.14. The smallest absolute Gasteiger partial charge is 0.226 e. The summed E-state index contributed by atoms with van der Waals surface area (Å²) in [6.45, 7) is 2.52. The lowest BCUT2D eigenvalue weighted by atomic mass is 10.0. The monoisotopic (exact) mass is 279 g/mol. The van der Waals surface area contributed by atoms with Crippen molar-refractivity contribution in [1.29, 1.82) is 0 Å². The number of carbonyl (C=O) groups excluding carboxylic acids is 1. The standard InChI is InChI=1S/C15H18ClNO2/c1-9-6-11(8-19-9)15(18)17-14-12-5-3-2-4-10(12)7-13(14)16/h2-5,9,11,13-14H,6-8H2,1H3,(H,17,18). The minimum atomic E-state index is -0.0683. The lowest BCUT2D eigenvalue weighted by molar-refractivity contribution is -0.125. The molecule has 1 aliphatic carbocycles. The summed E-state index contributed by atoms with van der Waals surface area (Å²) in [5.74, 6) is 0.0309. The number of alkyl halides is 1. The van der Waals surface area contributed by atoms with Crippen LogP contribution in [0.1, 0.15) is 30.5 Å². The number of carbonyl (C=O) groups is 1. The molecule has 4 heteroatoms. The molecule has 1 aromatic rings. The van der Waals surface area contributed by atoms with E-state index < -0.39 is 0 Å². The molecule has 19 heavy (non-hydrogen) atoms. The van der Waals surface area contributed by atoms with Crippen molar-refractivity contribution in [3.63, 3.8) is 0 Å². The lowest BCUT2D eigenvalue weighted by Crippen LogP contribution is -2.36. The Balaban J connectivity index is 1.71. The van der Waals surface area contributed by atoms with Gasteiger partial charge in [0.05, 0.1) is 30.0 Å². The van der Waals surface area contributed by atoms with Crippen LogP contribution < -0.4 is 5.32 Å². The molecule has 0 spiro atoms. The van der Waals surface area contributed by atoms with Crippen LogP contribution in [0.4, 0.5) is 0 Å². The van der Waals surface area contributed by atoms with Crippen molar-refractivity contribution in [1.82, 2.24) is 5.32 Å². The number of hydrogen-bond donors (Lipinski definition) is 1. The van der Waals surface area contributed by atoms with Crippen molar-refractivity contribution >= 4 is 17.5 Å². The molecule has 1 aromatic carbocycles. The van der Waals surface area contributed by atoms with Crippen LogP contribution in [0.25, 0.3) is 0 Å². The first-order valence-electron chi connectivity index (χ1n) is 6.79. The van der Waals surface area contributed by atoms with Gasteiger partial charge in [-0.05, 0) is 30.9 Å². The lowest BCUT2D eigenvalue weighted by Gasteiger charge is -2.19. The van der Waals surface area contributed by atoms with Gasteiger partial charge in [-0.3, -0.25) is 4.79 Å². The minimum absolute atomic E-state index is 0.0355.